The first-order chi connectivity index (χ1) is 8.68. The molecule has 0 spiro atoms. The fourth-order valence-electron chi connectivity index (χ4n) is 1.53. The molecular weight excluding hydrogens is 261 g/mol. The molecule has 0 aliphatic heterocycles. The van der Waals surface area contributed by atoms with Crippen LogP contribution in [0.3, 0.4) is 0 Å². The average molecular weight is 278 g/mol. The molecule has 1 heterocycles. The molecule has 8 heteroatoms. The Bertz CT molecular complexity index is 423. The summed E-state index contributed by atoms with van der Waals surface area (Å²) in [5.41, 5.74) is 5.29. The zero-order chi connectivity index (χ0) is 14.6. The van der Waals surface area contributed by atoms with Crippen molar-refractivity contribution in [3.05, 3.63) is 11.9 Å². The number of aromatic nitrogens is 2. The van der Waals surface area contributed by atoms with E-state index in [1.807, 2.05) is 13.8 Å². The lowest BCUT2D eigenvalue weighted by atomic mass is 10.1. The number of halogens is 3. The third kappa shape index (κ3) is 5.29. The molecule has 0 saturated heterocycles. The van der Waals surface area contributed by atoms with Crippen molar-refractivity contribution in [2.45, 2.75) is 32.5 Å². The van der Waals surface area contributed by atoms with Crippen LogP contribution in [0, 0.1) is 5.92 Å². The van der Waals surface area contributed by atoms with Crippen molar-refractivity contribution in [2.75, 3.05) is 17.6 Å². The summed E-state index contributed by atoms with van der Waals surface area (Å²) in [6, 6.07) is 1.19. The van der Waals surface area contributed by atoms with Crippen LogP contribution >= 0.6 is 0 Å². The van der Waals surface area contributed by atoms with Gasteiger partial charge in [0.2, 0.25) is 5.82 Å². The third-order valence-electron chi connectivity index (χ3n) is 2.26. The maximum Gasteiger partial charge on any atom is 0.451 e. The zero-order valence-corrected chi connectivity index (χ0v) is 10.7. The molecule has 0 aromatic carbocycles. The Morgan fingerprint density at radius 2 is 2.00 bits per heavy atom. The van der Waals surface area contributed by atoms with Crippen LogP contribution in [-0.2, 0) is 6.18 Å². The monoisotopic (exact) mass is 278 g/mol. The second-order valence-electron chi connectivity index (χ2n) is 4.66. The SMILES string of the molecule is CC(C)CC(O)CNc1cc(N)nc(C(F)(F)F)n1. The molecule has 4 N–H and O–H groups in total. The molecule has 0 aliphatic rings. The number of aliphatic hydroxyl groups excluding tert-OH is 1. The lowest BCUT2D eigenvalue weighted by Gasteiger charge is -2.15. The number of rotatable bonds is 5. The normalized spacial score (nSPS) is 13.6. The van der Waals surface area contributed by atoms with Crippen LogP contribution in [-0.4, -0.2) is 27.7 Å². The van der Waals surface area contributed by atoms with Gasteiger partial charge in [-0.25, -0.2) is 9.97 Å². The van der Waals surface area contributed by atoms with E-state index >= 15 is 0 Å². The Balaban J connectivity index is 2.71. The van der Waals surface area contributed by atoms with Crippen molar-refractivity contribution in [2.24, 2.45) is 5.92 Å². The molecule has 0 saturated carbocycles. The summed E-state index contributed by atoms with van der Waals surface area (Å²) in [6.45, 7) is 3.98. The second kappa shape index (κ2) is 6.05. The molecular formula is C11H17F3N4O. The summed E-state index contributed by atoms with van der Waals surface area (Å²) in [5.74, 6) is -1.34. The van der Waals surface area contributed by atoms with E-state index in [1.54, 1.807) is 0 Å². The van der Waals surface area contributed by atoms with E-state index in [0.717, 1.165) is 0 Å². The van der Waals surface area contributed by atoms with E-state index in [0.29, 0.717) is 6.42 Å². The number of nitrogens with two attached hydrogens (primary N) is 1. The van der Waals surface area contributed by atoms with Gasteiger partial charge in [-0.2, -0.15) is 13.2 Å². The molecule has 108 valence electrons. The molecule has 1 atom stereocenters. The van der Waals surface area contributed by atoms with Gasteiger partial charge in [0.15, 0.2) is 0 Å². The van der Waals surface area contributed by atoms with Crippen molar-refractivity contribution in [1.29, 1.82) is 0 Å². The average Bonchev–Trinajstić information content (AvgIpc) is 2.23. The molecule has 0 bridgehead atoms. The van der Waals surface area contributed by atoms with E-state index in [9.17, 15) is 18.3 Å². The third-order valence-corrected chi connectivity index (χ3v) is 2.26. The number of hydrogen-bond donors (Lipinski definition) is 3. The number of nitrogens with zero attached hydrogens (tertiary/aromatic N) is 2. The topological polar surface area (TPSA) is 84.1 Å². The van der Waals surface area contributed by atoms with Crippen molar-refractivity contribution in [1.82, 2.24) is 9.97 Å². The predicted molar refractivity (Wildman–Crippen MR) is 65.4 cm³/mol. The van der Waals surface area contributed by atoms with E-state index in [1.165, 1.54) is 6.07 Å². The lowest BCUT2D eigenvalue weighted by molar-refractivity contribution is -0.144. The van der Waals surface area contributed by atoms with Crippen molar-refractivity contribution in [3.8, 4) is 0 Å². The Morgan fingerprint density at radius 3 is 2.53 bits per heavy atom. The molecule has 0 radical (unpaired) electrons. The fraction of sp³-hybridized carbons (Fsp3) is 0.636. The van der Waals surface area contributed by atoms with Gasteiger partial charge in [-0.15, -0.1) is 0 Å². The maximum atomic E-state index is 12.5. The van der Waals surface area contributed by atoms with E-state index in [-0.39, 0.29) is 24.1 Å². The van der Waals surface area contributed by atoms with Gasteiger partial charge in [0.05, 0.1) is 6.10 Å². The van der Waals surface area contributed by atoms with Gasteiger partial charge < -0.3 is 16.2 Å². The Hall–Kier alpha value is -1.57. The number of nitrogen functional groups attached to an aromatic ring is 1. The molecule has 1 rings (SSSR count). The number of alkyl halides is 3. The highest BCUT2D eigenvalue weighted by atomic mass is 19.4. The Labute approximate surface area is 109 Å². The minimum atomic E-state index is -4.65. The maximum absolute atomic E-state index is 12.5. The molecule has 1 aromatic heterocycles. The highest BCUT2D eigenvalue weighted by Crippen LogP contribution is 2.27. The van der Waals surface area contributed by atoms with Gasteiger partial charge in [0, 0.05) is 12.6 Å². The number of aliphatic hydroxyl groups is 1. The van der Waals surface area contributed by atoms with Gasteiger partial charge in [0.1, 0.15) is 11.6 Å². The largest absolute Gasteiger partial charge is 0.451 e. The lowest BCUT2D eigenvalue weighted by Crippen LogP contribution is -2.22. The first-order valence-corrected chi connectivity index (χ1v) is 5.82. The summed E-state index contributed by atoms with van der Waals surface area (Å²) < 4.78 is 37.4. The molecule has 19 heavy (non-hydrogen) atoms. The quantitative estimate of drug-likeness (QED) is 0.766. The van der Waals surface area contributed by atoms with Crippen LogP contribution in [0.15, 0.2) is 6.07 Å². The Morgan fingerprint density at radius 1 is 1.37 bits per heavy atom. The summed E-state index contributed by atoms with van der Waals surface area (Å²) >= 11 is 0. The van der Waals surface area contributed by atoms with Crippen LogP contribution in [0.2, 0.25) is 0 Å². The highest BCUT2D eigenvalue weighted by Gasteiger charge is 2.35. The van der Waals surface area contributed by atoms with E-state index in [4.69, 9.17) is 5.73 Å². The molecule has 1 unspecified atom stereocenters. The minimum absolute atomic E-state index is 0.0531. The second-order valence-corrected chi connectivity index (χ2v) is 4.66. The smallest absolute Gasteiger partial charge is 0.391 e. The molecule has 0 fully saturated rings. The highest BCUT2D eigenvalue weighted by molar-refractivity contribution is 5.44. The molecule has 0 aliphatic carbocycles. The van der Waals surface area contributed by atoms with E-state index < -0.39 is 18.1 Å². The molecule has 1 aromatic rings. The van der Waals surface area contributed by atoms with Gasteiger partial charge in [-0.05, 0) is 12.3 Å². The Kier molecular flexibility index (Phi) is 4.93. The predicted octanol–water partition coefficient (Wildman–Crippen LogP) is 1.90. The van der Waals surface area contributed by atoms with Crippen LogP contribution in [0.5, 0.6) is 0 Å². The van der Waals surface area contributed by atoms with Crippen molar-refractivity contribution in [3.63, 3.8) is 0 Å². The summed E-state index contributed by atoms with van der Waals surface area (Å²) in [6.07, 6.45) is -4.77. The van der Waals surface area contributed by atoms with E-state index in [2.05, 4.69) is 15.3 Å². The van der Waals surface area contributed by atoms with Gasteiger partial charge in [0.25, 0.3) is 0 Å². The van der Waals surface area contributed by atoms with Gasteiger partial charge in [-0.1, -0.05) is 13.8 Å². The van der Waals surface area contributed by atoms with Crippen LogP contribution in [0.1, 0.15) is 26.1 Å². The minimum Gasteiger partial charge on any atom is -0.391 e. The van der Waals surface area contributed by atoms with Crippen LogP contribution in [0.4, 0.5) is 24.8 Å². The van der Waals surface area contributed by atoms with Crippen LogP contribution < -0.4 is 11.1 Å². The van der Waals surface area contributed by atoms with Gasteiger partial charge >= 0.3 is 6.18 Å². The summed E-state index contributed by atoms with van der Waals surface area (Å²) in [4.78, 5) is 6.44. The fourth-order valence-corrected chi connectivity index (χ4v) is 1.53. The number of hydrogen-bond acceptors (Lipinski definition) is 5. The van der Waals surface area contributed by atoms with Crippen LogP contribution in [0.25, 0.3) is 0 Å². The first-order valence-electron chi connectivity index (χ1n) is 5.82. The zero-order valence-electron chi connectivity index (χ0n) is 10.7. The molecule has 0 amide bonds. The standard InChI is InChI=1S/C11H17F3N4O/c1-6(2)3-7(19)5-16-9-4-8(15)17-10(18-9)11(12,13)14/h4,6-7,19H,3,5H2,1-2H3,(H3,15,16,17,18). The van der Waals surface area contributed by atoms with Gasteiger partial charge in [-0.3, -0.25) is 0 Å². The first kappa shape index (κ1) is 15.5. The summed E-state index contributed by atoms with van der Waals surface area (Å²) in [7, 11) is 0. The van der Waals surface area contributed by atoms with Crippen molar-refractivity contribution >= 4 is 11.6 Å². The number of anilines is 2. The van der Waals surface area contributed by atoms with Crippen molar-refractivity contribution < 1.29 is 18.3 Å². The summed E-state index contributed by atoms with van der Waals surface area (Å²) in [5, 5.41) is 12.2. The molecule has 5 nitrogen and oxygen atoms in total. The number of nitrogens with one attached hydrogen (secondary N) is 1.